The second kappa shape index (κ2) is 9.43. The van der Waals surface area contributed by atoms with Gasteiger partial charge in [0.15, 0.2) is 0 Å². The minimum Gasteiger partial charge on any atom is -0.488 e. The van der Waals surface area contributed by atoms with Crippen LogP contribution in [-0.2, 0) is 6.61 Å². The molecule has 0 unspecified atom stereocenters. The summed E-state index contributed by atoms with van der Waals surface area (Å²) < 4.78 is 5.76. The van der Waals surface area contributed by atoms with E-state index in [1.165, 1.54) is 0 Å². The van der Waals surface area contributed by atoms with Crippen molar-refractivity contribution >= 4 is 29.2 Å². The normalized spacial score (nSPS) is 10.0. The van der Waals surface area contributed by atoms with E-state index in [0.717, 1.165) is 5.56 Å². The van der Waals surface area contributed by atoms with Crippen LogP contribution in [0, 0.1) is 0 Å². The lowest BCUT2D eigenvalue weighted by molar-refractivity contribution is 0.0933. The van der Waals surface area contributed by atoms with Crippen molar-refractivity contribution < 1.29 is 14.3 Å². The molecule has 0 aliphatic heterocycles. The van der Waals surface area contributed by atoms with E-state index in [0.29, 0.717) is 28.6 Å². The molecule has 6 nitrogen and oxygen atoms in total. The number of nitrogens with one attached hydrogen (secondary N) is 3. The number of benzene rings is 3. The summed E-state index contributed by atoms with van der Waals surface area (Å²) in [5.74, 6) is -0.0707. The van der Waals surface area contributed by atoms with Crippen LogP contribution in [-0.4, -0.2) is 11.9 Å². The van der Waals surface area contributed by atoms with E-state index in [-0.39, 0.29) is 0 Å². The summed E-state index contributed by atoms with van der Waals surface area (Å²) in [6, 6.07) is 22.5. The minimum atomic E-state index is -0.585. The predicted octanol–water partition coefficient (Wildman–Crippen LogP) is 4.39. The Morgan fingerprint density at radius 1 is 0.821 bits per heavy atom. The van der Waals surface area contributed by atoms with Gasteiger partial charge in [0.05, 0.1) is 5.56 Å². The molecular formula is C21H18ClN3O3. The van der Waals surface area contributed by atoms with Crippen molar-refractivity contribution in [1.29, 1.82) is 0 Å². The number of urea groups is 1. The van der Waals surface area contributed by atoms with Crippen LogP contribution in [0.3, 0.4) is 0 Å². The van der Waals surface area contributed by atoms with Crippen LogP contribution < -0.4 is 20.9 Å². The van der Waals surface area contributed by atoms with Gasteiger partial charge >= 0.3 is 6.03 Å². The van der Waals surface area contributed by atoms with E-state index in [4.69, 9.17) is 16.3 Å². The van der Waals surface area contributed by atoms with Gasteiger partial charge in [0, 0.05) is 10.7 Å². The lowest BCUT2D eigenvalue weighted by Crippen LogP contribution is -2.44. The number of carbonyl (C=O) groups is 2. The van der Waals surface area contributed by atoms with E-state index >= 15 is 0 Å². The summed E-state index contributed by atoms with van der Waals surface area (Å²) in [6.07, 6.45) is 0. The van der Waals surface area contributed by atoms with Gasteiger partial charge < -0.3 is 10.1 Å². The second-order valence-electron chi connectivity index (χ2n) is 5.81. The first-order valence-corrected chi connectivity index (χ1v) is 8.88. The molecule has 0 saturated carbocycles. The quantitative estimate of drug-likeness (QED) is 0.561. The van der Waals surface area contributed by atoms with Gasteiger partial charge in [0.1, 0.15) is 12.4 Å². The number of rotatable bonds is 5. The van der Waals surface area contributed by atoms with Crippen molar-refractivity contribution in [2.75, 3.05) is 5.32 Å². The van der Waals surface area contributed by atoms with E-state index in [9.17, 15) is 9.59 Å². The van der Waals surface area contributed by atoms with Crippen molar-refractivity contribution in [3.05, 3.63) is 95.0 Å². The lowest BCUT2D eigenvalue weighted by atomic mass is 10.2. The Balaban J connectivity index is 1.56. The molecule has 0 heterocycles. The number of anilines is 1. The Morgan fingerprint density at radius 3 is 2.25 bits per heavy atom. The van der Waals surface area contributed by atoms with Gasteiger partial charge in [-0.25, -0.2) is 10.2 Å². The Labute approximate surface area is 167 Å². The maximum atomic E-state index is 12.4. The maximum absolute atomic E-state index is 12.4. The Bertz CT molecular complexity index is 947. The van der Waals surface area contributed by atoms with Crippen LogP contribution in [0.2, 0.25) is 5.02 Å². The number of hydrazine groups is 1. The first-order valence-electron chi connectivity index (χ1n) is 8.50. The summed E-state index contributed by atoms with van der Waals surface area (Å²) in [5, 5.41) is 3.14. The molecular weight excluding hydrogens is 378 g/mol. The van der Waals surface area contributed by atoms with Crippen LogP contribution in [0.4, 0.5) is 10.5 Å². The number of ether oxygens (including phenoxy) is 1. The molecule has 3 amide bonds. The third-order valence-corrected chi connectivity index (χ3v) is 4.01. The topological polar surface area (TPSA) is 79.5 Å². The lowest BCUT2D eigenvalue weighted by Gasteiger charge is -2.13. The molecule has 28 heavy (non-hydrogen) atoms. The zero-order valence-electron chi connectivity index (χ0n) is 14.8. The van der Waals surface area contributed by atoms with Crippen molar-refractivity contribution in [2.24, 2.45) is 0 Å². The first kappa shape index (κ1) is 19.3. The summed E-state index contributed by atoms with van der Waals surface area (Å²) in [7, 11) is 0. The van der Waals surface area contributed by atoms with Crippen molar-refractivity contribution in [2.45, 2.75) is 6.61 Å². The molecule has 0 fully saturated rings. The van der Waals surface area contributed by atoms with Crippen molar-refractivity contribution in [1.82, 2.24) is 10.9 Å². The Morgan fingerprint density at radius 2 is 1.50 bits per heavy atom. The van der Waals surface area contributed by atoms with Crippen LogP contribution in [0.5, 0.6) is 5.75 Å². The summed E-state index contributed by atoms with van der Waals surface area (Å²) >= 11 is 5.80. The van der Waals surface area contributed by atoms with Gasteiger partial charge in [0.2, 0.25) is 0 Å². The van der Waals surface area contributed by atoms with Crippen molar-refractivity contribution in [3.8, 4) is 5.75 Å². The second-order valence-corrected chi connectivity index (χ2v) is 6.25. The van der Waals surface area contributed by atoms with E-state index in [2.05, 4.69) is 16.2 Å². The number of amides is 3. The monoisotopic (exact) mass is 395 g/mol. The van der Waals surface area contributed by atoms with E-state index < -0.39 is 11.9 Å². The van der Waals surface area contributed by atoms with Gasteiger partial charge in [0.25, 0.3) is 5.91 Å². The first-order chi connectivity index (χ1) is 13.6. The molecule has 0 atom stereocenters. The highest BCUT2D eigenvalue weighted by atomic mass is 35.5. The highest BCUT2D eigenvalue weighted by Gasteiger charge is 2.13. The number of para-hydroxylation sites is 1. The van der Waals surface area contributed by atoms with Gasteiger partial charge in [-0.15, -0.1) is 0 Å². The number of halogens is 1. The van der Waals surface area contributed by atoms with Crippen LogP contribution in [0.25, 0.3) is 0 Å². The molecule has 3 aromatic carbocycles. The standard InChI is InChI=1S/C21H18ClN3O3/c22-16-10-12-17(13-11-16)23-21(27)25-24-20(26)18-8-4-5-9-19(18)28-14-15-6-2-1-3-7-15/h1-13H,14H2,(H,24,26)(H2,23,25,27). The maximum Gasteiger partial charge on any atom is 0.337 e. The van der Waals surface area contributed by atoms with Crippen LogP contribution >= 0.6 is 11.6 Å². The Hall–Kier alpha value is -3.51. The summed E-state index contributed by atoms with van der Waals surface area (Å²) in [6.45, 7) is 0.329. The van der Waals surface area contributed by atoms with E-state index in [1.54, 1.807) is 48.5 Å². The van der Waals surface area contributed by atoms with Gasteiger partial charge in [-0.1, -0.05) is 54.1 Å². The SMILES string of the molecule is O=C(NNC(=O)c1ccccc1OCc1ccccc1)Nc1ccc(Cl)cc1. The molecule has 3 aromatic rings. The summed E-state index contributed by atoms with van der Waals surface area (Å²) in [4.78, 5) is 24.4. The molecule has 0 bridgehead atoms. The van der Waals surface area contributed by atoms with Gasteiger partial charge in [-0.3, -0.25) is 10.2 Å². The smallest absolute Gasteiger partial charge is 0.337 e. The molecule has 0 radical (unpaired) electrons. The molecule has 0 aromatic heterocycles. The fourth-order valence-electron chi connectivity index (χ4n) is 2.39. The molecule has 7 heteroatoms. The van der Waals surface area contributed by atoms with Gasteiger partial charge in [-0.05, 0) is 42.0 Å². The van der Waals surface area contributed by atoms with Gasteiger partial charge in [-0.2, -0.15) is 0 Å². The van der Waals surface area contributed by atoms with E-state index in [1.807, 2.05) is 30.3 Å². The zero-order chi connectivity index (χ0) is 19.8. The molecule has 3 rings (SSSR count). The fourth-order valence-corrected chi connectivity index (χ4v) is 2.52. The highest BCUT2D eigenvalue weighted by Crippen LogP contribution is 2.19. The average Bonchev–Trinajstić information content (AvgIpc) is 2.73. The van der Waals surface area contributed by atoms with Crippen LogP contribution in [0.1, 0.15) is 15.9 Å². The van der Waals surface area contributed by atoms with Crippen molar-refractivity contribution in [3.63, 3.8) is 0 Å². The largest absolute Gasteiger partial charge is 0.488 e. The molecule has 3 N–H and O–H groups in total. The van der Waals surface area contributed by atoms with Crippen LogP contribution in [0.15, 0.2) is 78.9 Å². The minimum absolute atomic E-state index is 0.310. The third-order valence-electron chi connectivity index (χ3n) is 3.76. The third kappa shape index (κ3) is 5.49. The zero-order valence-corrected chi connectivity index (χ0v) is 15.6. The number of carbonyl (C=O) groups excluding carboxylic acids is 2. The number of hydrogen-bond acceptors (Lipinski definition) is 3. The molecule has 0 aliphatic rings. The molecule has 142 valence electrons. The summed E-state index contributed by atoms with van der Waals surface area (Å²) in [5.41, 5.74) is 6.51. The Kier molecular flexibility index (Phi) is 6.49. The predicted molar refractivity (Wildman–Crippen MR) is 108 cm³/mol. The average molecular weight is 396 g/mol. The fraction of sp³-hybridized carbons (Fsp3) is 0.0476. The molecule has 0 spiro atoms. The molecule has 0 saturated heterocycles. The highest BCUT2D eigenvalue weighted by molar-refractivity contribution is 6.30. The molecule has 0 aliphatic carbocycles. The number of hydrogen-bond donors (Lipinski definition) is 3.